The van der Waals surface area contributed by atoms with Crippen molar-refractivity contribution in [3.63, 3.8) is 0 Å². The van der Waals surface area contributed by atoms with Gasteiger partial charge >= 0.3 is 0 Å². The molecule has 14 heavy (non-hydrogen) atoms. The summed E-state index contributed by atoms with van der Waals surface area (Å²) in [7, 11) is 0. The fourth-order valence-electron chi connectivity index (χ4n) is 2.91. The van der Waals surface area contributed by atoms with Gasteiger partial charge in [-0.05, 0) is 12.0 Å². The zero-order valence-electron chi connectivity index (χ0n) is 8.35. The summed E-state index contributed by atoms with van der Waals surface area (Å²) in [5.74, 6) is 0.374. The molecule has 1 N–H and O–H groups in total. The summed E-state index contributed by atoms with van der Waals surface area (Å²) >= 11 is 0. The Morgan fingerprint density at radius 1 is 1.36 bits per heavy atom. The van der Waals surface area contributed by atoms with Crippen molar-refractivity contribution < 1.29 is 5.11 Å². The van der Waals surface area contributed by atoms with Crippen molar-refractivity contribution in [2.24, 2.45) is 5.92 Å². The average Bonchev–Trinajstić information content (AvgIpc) is 2.17. The largest absolute Gasteiger partial charge is 0.371 e. The molecule has 2 aliphatic rings. The molecule has 0 saturated carbocycles. The zero-order chi connectivity index (χ0) is 9.76. The van der Waals surface area contributed by atoms with E-state index in [0.29, 0.717) is 12.0 Å². The van der Waals surface area contributed by atoms with Crippen molar-refractivity contribution in [1.82, 2.24) is 4.90 Å². The molecule has 1 unspecified atom stereocenters. The van der Waals surface area contributed by atoms with Gasteiger partial charge in [-0.3, -0.25) is 4.90 Å². The lowest BCUT2D eigenvalue weighted by atomic mass is 9.67. The summed E-state index contributed by atoms with van der Waals surface area (Å²) < 4.78 is 0. The van der Waals surface area contributed by atoms with E-state index in [4.69, 9.17) is 0 Å². The van der Waals surface area contributed by atoms with Gasteiger partial charge in [-0.2, -0.15) is 0 Å². The van der Waals surface area contributed by atoms with E-state index in [1.165, 1.54) is 6.42 Å². The summed E-state index contributed by atoms with van der Waals surface area (Å²) in [4.78, 5) is 2.20. The Kier molecular flexibility index (Phi) is 1.56. The Balaban J connectivity index is 1.98. The van der Waals surface area contributed by atoms with E-state index in [2.05, 4.69) is 11.8 Å². The first-order chi connectivity index (χ1) is 6.74. The molecule has 1 aromatic carbocycles. The first-order valence-corrected chi connectivity index (χ1v) is 5.29. The zero-order valence-corrected chi connectivity index (χ0v) is 8.35. The summed E-state index contributed by atoms with van der Waals surface area (Å²) in [6.45, 7) is 3.19. The van der Waals surface area contributed by atoms with Gasteiger partial charge in [-0.15, -0.1) is 0 Å². The predicted molar refractivity (Wildman–Crippen MR) is 54.6 cm³/mol. The van der Waals surface area contributed by atoms with Gasteiger partial charge in [-0.1, -0.05) is 37.3 Å². The molecule has 3 rings (SSSR count). The van der Waals surface area contributed by atoms with Gasteiger partial charge in [0.15, 0.2) is 0 Å². The predicted octanol–water partition coefficient (Wildman–Crippen LogP) is 1.56. The Bertz CT molecular complexity index is 343. The number of piperidine rings is 1. The molecule has 2 aliphatic heterocycles. The second-order valence-electron chi connectivity index (χ2n) is 4.43. The molecule has 0 aliphatic carbocycles. The van der Waals surface area contributed by atoms with Crippen molar-refractivity contribution in [3.05, 3.63) is 35.9 Å². The lowest BCUT2D eigenvalue weighted by Gasteiger charge is -2.66. The van der Waals surface area contributed by atoms with Gasteiger partial charge in [0.25, 0.3) is 0 Å². The van der Waals surface area contributed by atoms with E-state index >= 15 is 0 Å². The van der Waals surface area contributed by atoms with Crippen LogP contribution < -0.4 is 0 Å². The molecule has 1 aromatic rings. The summed E-state index contributed by atoms with van der Waals surface area (Å²) in [5, 5.41) is 10.6. The molecule has 0 aromatic heterocycles. The second-order valence-corrected chi connectivity index (χ2v) is 4.43. The maximum Gasteiger partial charge on any atom is 0.148 e. The Morgan fingerprint density at radius 2 is 2.07 bits per heavy atom. The SMILES string of the molecule is C[C@H]1C2CCN2[C@]1(O)c1ccccc1. The molecule has 2 nitrogen and oxygen atoms in total. The molecule has 0 amide bonds. The number of aliphatic hydroxyl groups is 1. The third kappa shape index (κ3) is 0.787. The number of nitrogens with zero attached hydrogens (tertiary/aromatic N) is 1. The first-order valence-electron chi connectivity index (χ1n) is 5.29. The highest BCUT2D eigenvalue weighted by molar-refractivity contribution is 5.29. The lowest BCUT2D eigenvalue weighted by Crippen LogP contribution is -2.76. The highest BCUT2D eigenvalue weighted by Crippen LogP contribution is 2.53. The maximum atomic E-state index is 10.6. The molecular weight excluding hydrogens is 174 g/mol. The molecule has 0 radical (unpaired) electrons. The van der Waals surface area contributed by atoms with Gasteiger partial charge < -0.3 is 5.11 Å². The fraction of sp³-hybridized carbons (Fsp3) is 0.500. The highest BCUT2D eigenvalue weighted by Gasteiger charge is 2.61. The van der Waals surface area contributed by atoms with E-state index in [9.17, 15) is 5.11 Å². The third-order valence-corrected chi connectivity index (χ3v) is 3.91. The van der Waals surface area contributed by atoms with E-state index in [-0.39, 0.29) is 0 Å². The van der Waals surface area contributed by atoms with E-state index < -0.39 is 5.72 Å². The van der Waals surface area contributed by atoms with Crippen molar-refractivity contribution in [2.75, 3.05) is 6.54 Å². The molecule has 3 atom stereocenters. The van der Waals surface area contributed by atoms with Crippen molar-refractivity contribution in [3.8, 4) is 0 Å². The molecule has 2 heteroatoms. The maximum absolute atomic E-state index is 10.6. The quantitative estimate of drug-likeness (QED) is 0.724. The number of hydrogen-bond acceptors (Lipinski definition) is 2. The van der Waals surface area contributed by atoms with Crippen molar-refractivity contribution >= 4 is 0 Å². The normalized spacial score (nSPS) is 41.0. The van der Waals surface area contributed by atoms with Crippen LogP contribution in [0.25, 0.3) is 0 Å². The number of hydrogen-bond donors (Lipinski definition) is 1. The van der Waals surface area contributed by atoms with Crippen LogP contribution in [-0.2, 0) is 5.72 Å². The molecule has 0 bridgehead atoms. The van der Waals surface area contributed by atoms with Gasteiger partial charge in [-0.25, -0.2) is 0 Å². The van der Waals surface area contributed by atoms with Crippen LogP contribution in [0.5, 0.6) is 0 Å². The van der Waals surface area contributed by atoms with E-state index in [0.717, 1.165) is 12.1 Å². The van der Waals surface area contributed by atoms with Gasteiger partial charge in [0.2, 0.25) is 0 Å². The van der Waals surface area contributed by atoms with Crippen molar-refractivity contribution in [2.45, 2.75) is 25.1 Å². The van der Waals surface area contributed by atoms with E-state index in [1.54, 1.807) is 0 Å². The van der Waals surface area contributed by atoms with Gasteiger partial charge in [0, 0.05) is 18.5 Å². The minimum atomic E-state index is -0.676. The van der Waals surface area contributed by atoms with Crippen LogP contribution in [0.1, 0.15) is 18.9 Å². The highest BCUT2D eigenvalue weighted by atomic mass is 16.3. The Morgan fingerprint density at radius 3 is 2.57 bits per heavy atom. The van der Waals surface area contributed by atoms with Crippen LogP contribution in [0.3, 0.4) is 0 Å². The van der Waals surface area contributed by atoms with E-state index in [1.807, 2.05) is 30.3 Å². The second kappa shape index (κ2) is 2.59. The number of benzene rings is 1. The Hall–Kier alpha value is -0.860. The minimum Gasteiger partial charge on any atom is -0.371 e. The van der Waals surface area contributed by atoms with Gasteiger partial charge in [0.05, 0.1) is 0 Å². The first kappa shape index (κ1) is 8.45. The molecule has 2 saturated heterocycles. The number of rotatable bonds is 1. The summed E-state index contributed by atoms with van der Waals surface area (Å²) in [5.41, 5.74) is 0.368. The van der Waals surface area contributed by atoms with Crippen LogP contribution in [0, 0.1) is 5.92 Å². The number of fused-ring (bicyclic) bond motifs is 1. The molecule has 0 spiro atoms. The topological polar surface area (TPSA) is 23.5 Å². The Labute approximate surface area is 84.2 Å². The molecular formula is C12H15NO. The summed E-state index contributed by atoms with van der Waals surface area (Å²) in [6, 6.07) is 10.6. The molecule has 2 fully saturated rings. The minimum absolute atomic E-state index is 0.374. The smallest absolute Gasteiger partial charge is 0.148 e. The van der Waals surface area contributed by atoms with Crippen LogP contribution >= 0.6 is 0 Å². The summed E-state index contributed by atoms with van der Waals surface area (Å²) in [6.07, 6.45) is 1.25. The van der Waals surface area contributed by atoms with Crippen molar-refractivity contribution in [1.29, 1.82) is 0 Å². The van der Waals surface area contributed by atoms with Crippen LogP contribution in [0.2, 0.25) is 0 Å². The van der Waals surface area contributed by atoms with Crippen LogP contribution in [0.15, 0.2) is 30.3 Å². The molecule has 74 valence electrons. The lowest BCUT2D eigenvalue weighted by molar-refractivity contribution is -0.310. The molecule has 2 heterocycles. The van der Waals surface area contributed by atoms with Crippen LogP contribution in [0.4, 0.5) is 0 Å². The van der Waals surface area contributed by atoms with Gasteiger partial charge in [0.1, 0.15) is 5.72 Å². The van der Waals surface area contributed by atoms with Crippen LogP contribution in [-0.4, -0.2) is 22.6 Å². The monoisotopic (exact) mass is 189 g/mol. The fourth-order valence-corrected chi connectivity index (χ4v) is 2.91. The third-order valence-electron chi connectivity index (χ3n) is 3.91. The standard InChI is InChI=1S/C12H15NO/c1-9-11-7-8-13(11)12(9,14)10-5-3-2-4-6-10/h2-6,9,11,14H,7-8H2,1H3/t9-,11?,12+/m0/s1. The average molecular weight is 189 g/mol.